The van der Waals surface area contributed by atoms with Crippen LogP contribution in [0.25, 0.3) is 0 Å². The molecule has 2 rings (SSSR count). The first kappa shape index (κ1) is 16.1. The summed E-state index contributed by atoms with van der Waals surface area (Å²) in [5.41, 5.74) is 0.758. The van der Waals surface area contributed by atoms with Crippen molar-refractivity contribution >= 4 is 17.6 Å². The van der Waals surface area contributed by atoms with Crippen LogP contribution in [-0.4, -0.2) is 37.9 Å². The van der Waals surface area contributed by atoms with E-state index in [-0.39, 0.29) is 11.6 Å². The lowest BCUT2D eigenvalue weighted by Gasteiger charge is -2.23. The Bertz CT molecular complexity index is 476. The van der Waals surface area contributed by atoms with Crippen LogP contribution in [0.1, 0.15) is 18.9 Å². The number of urea groups is 1. The lowest BCUT2D eigenvalue weighted by Crippen LogP contribution is -2.51. The third-order valence-corrected chi connectivity index (χ3v) is 3.56. The van der Waals surface area contributed by atoms with Gasteiger partial charge in [0.2, 0.25) is 0 Å². The van der Waals surface area contributed by atoms with Gasteiger partial charge in [-0.2, -0.15) is 0 Å². The van der Waals surface area contributed by atoms with Crippen molar-refractivity contribution in [3.63, 3.8) is 0 Å². The van der Waals surface area contributed by atoms with Crippen LogP contribution in [-0.2, 0) is 16.1 Å². The van der Waals surface area contributed by atoms with Crippen LogP contribution in [0.5, 0.6) is 0 Å². The Morgan fingerprint density at radius 1 is 1.52 bits per heavy atom. The zero-order chi connectivity index (χ0) is 15.1. The smallest absolute Gasteiger partial charge is 0.315 e. The summed E-state index contributed by atoms with van der Waals surface area (Å²) in [5, 5.41) is 6.39. The van der Waals surface area contributed by atoms with Crippen molar-refractivity contribution < 1.29 is 14.3 Å². The van der Waals surface area contributed by atoms with Crippen LogP contribution in [0, 0.1) is 0 Å². The molecular weight excluding hydrogens is 292 g/mol. The largest absolute Gasteiger partial charge is 0.379 e. The number of hydrogen-bond donors (Lipinski definition) is 2. The van der Waals surface area contributed by atoms with Crippen molar-refractivity contribution in [3.8, 4) is 0 Å². The Labute approximate surface area is 130 Å². The van der Waals surface area contributed by atoms with Crippen LogP contribution in [0.15, 0.2) is 24.3 Å². The average Bonchev–Trinajstić information content (AvgIpc) is 2.85. The fourth-order valence-corrected chi connectivity index (χ4v) is 2.35. The zero-order valence-corrected chi connectivity index (χ0v) is 12.9. The van der Waals surface area contributed by atoms with Gasteiger partial charge in [0.05, 0.1) is 25.4 Å². The number of carbonyl (C=O) groups is 1. The van der Waals surface area contributed by atoms with Gasteiger partial charge in [0.15, 0.2) is 0 Å². The van der Waals surface area contributed by atoms with Crippen molar-refractivity contribution in [1.82, 2.24) is 10.6 Å². The number of halogens is 1. The fraction of sp³-hybridized carbons (Fsp3) is 0.533. The molecule has 1 aliphatic rings. The molecule has 0 radical (unpaired) electrons. The second-order valence-electron chi connectivity index (χ2n) is 5.43. The quantitative estimate of drug-likeness (QED) is 0.793. The number of rotatable bonds is 6. The highest BCUT2D eigenvalue weighted by atomic mass is 35.5. The molecule has 116 valence electrons. The summed E-state index contributed by atoms with van der Waals surface area (Å²) in [6, 6.07) is 7.34. The van der Waals surface area contributed by atoms with Gasteiger partial charge in [0, 0.05) is 18.2 Å². The maximum absolute atomic E-state index is 11.7. The van der Waals surface area contributed by atoms with Gasteiger partial charge < -0.3 is 20.1 Å². The van der Waals surface area contributed by atoms with Crippen molar-refractivity contribution in [3.05, 3.63) is 34.9 Å². The average molecular weight is 313 g/mol. The number of ether oxygens (including phenoxy) is 2. The van der Waals surface area contributed by atoms with Crippen molar-refractivity contribution in [2.24, 2.45) is 0 Å². The molecule has 0 saturated carbocycles. The SMILES string of the molecule is CC1(NC(=O)NCCOCc2cccc(Cl)c2)CCOC1. The minimum Gasteiger partial charge on any atom is -0.379 e. The van der Waals surface area contributed by atoms with Crippen LogP contribution in [0.4, 0.5) is 4.79 Å². The van der Waals surface area contributed by atoms with Crippen molar-refractivity contribution in [2.75, 3.05) is 26.4 Å². The highest BCUT2D eigenvalue weighted by Crippen LogP contribution is 2.16. The van der Waals surface area contributed by atoms with E-state index in [1.807, 2.05) is 31.2 Å². The molecule has 0 aliphatic carbocycles. The predicted octanol–water partition coefficient (Wildman–Crippen LogP) is 2.33. The number of amides is 2. The number of nitrogens with one attached hydrogen (secondary N) is 2. The van der Waals surface area contributed by atoms with Crippen LogP contribution in [0.2, 0.25) is 5.02 Å². The van der Waals surface area contributed by atoms with Gasteiger partial charge in [-0.15, -0.1) is 0 Å². The third kappa shape index (κ3) is 5.53. The van der Waals surface area contributed by atoms with Crippen LogP contribution in [0.3, 0.4) is 0 Å². The third-order valence-electron chi connectivity index (χ3n) is 3.32. The molecular formula is C15H21ClN2O3. The van der Waals surface area contributed by atoms with Gasteiger partial charge in [0.25, 0.3) is 0 Å². The van der Waals surface area contributed by atoms with E-state index in [0.717, 1.165) is 12.0 Å². The first-order valence-electron chi connectivity index (χ1n) is 7.03. The number of hydrogen-bond acceptors (Lipinski definition) is 3. The standard InChI is InChI=1S/C15H21ClN2O3/c1-15(5-7-21-11-15)18-14(19)17-6-8-20-10-12-3-2-4-13(16)9-12/h2-4,9H,5-8,10-11H2,1H3,(H2,17,18,19). The second-order valence-corrected chi connectivity index (χ2v) is 5.86. The summed E-state index contributed by atoms with van der Waals surface area (Å²) >= 11 is 5.89. The molecule has 1 unspecified atom stereocenters. The molecule has 1 saturated heterocycles. The Hall–Kier alpha value is -1.30. The molecule has 1 aliphatic heterocycles. The first-order valence-corrected chi connectivity index (χ1v) is 7.41. The molecule has 2 N–H and O–H groups in total. The van der Waals surface area contributed by atoms with Crippen molar-refractivity contribution in [2.45, 2.75) is 25.5 Å². The zero-order valence-electron chi connectivity index (χ0n) is 12.2. The van der Waals surface area contributed by atoms with E-state index < -0.39 is 0 Å². The molecule has 1 aromatic rings. The van der Waals surface area contributed by atoms with E-state index in [2.05, 4.69) is 10.6 Å². The topological polar surface area (TPSA) is 59.6 Å². The minimum atomic E-state index is -0.258. The second kappa shape index (κ2) is 7.64. The van der Waals surface area contributed by atoms with E-state index in [1.54, 1.807) is 0 Å². The molecule has 0 aromatic heterocycles. The normalized spacial score (nSPS) is 21.2. The summed E-state index contributed by atoms with van der Waals surface area (Å²) in [4.78, 5) is 11.7. The summed E-state index contributed by atoms with van der Waals surface area (Å²) < 4.78 is 10.8. The summed E-state index contributed by atoms with van der Waals surface area (Å²) in [6.07, 6.45) is 0.839. The summed E-state index contributed by atoms with van der Waals surface area (Å²) in [6.45, 7) is 4.63. The van der Waals surface area contributed by atoms with E-state index >= 15 is 0 Å². The summed E-state index contributed by atoms with van der Waals surface area (Å²) in [5.74, 6) is 0. The van der Waals surface area contributed by atoms with Crippen LogP contribution >= 0.6 is 11.6 Å². The Morgan fingerprint density at radius 2 is 2.38 bits per heavy atom. The van der Waals surface area contributed by atoms with E-state index in [1.165, 1.54) is 0 Å². The molecule has 6 heteroatoms. The molecule has 1 atom stereocenters. The van der Waals surface area contributed by atoms with E-state index in [4.69, 9.17) is 21.1 Å². The fourth-order valence-electron chi connectivity index (χ4n) is 2.14. The molecule has 2 amide bonds. The maximum Gasteiger partial charge on any atom is 0.315 e. The number of carbonyl (C=O) groups excluding carboxylic acids is 1. The van der Waals surface area contributed by atoms with Gasteiger partial charge in [-0.25, -0.2) is 4.79 Å². The minimum absolute atomic E-state index is 0.186. The van der Waals surface area contributed by atoms with Crippen LogP contribution < -0.4 is 10.6 Å². The molecule has 1 aromatic carbocycles. The highest BCUT2D eigenvalue weighted by molar-refractivity contribution is 6.30. The Morgan fingerprint density at radius 3 is 3.10 bits per heavy atom. The molecule has 1 fully saturated rings. The monoisotopic (exact) mass is 312 g/mol. The lowest BCUT2D eigenvalue weighted by molar-refractivity contribution is 0.122. The van der Waals surface area contributed by atoms with Gasteiger partial charge in [-0.1, -0.05) is 23.7 Å². The lowest BCUT2D eigenvalue weighted by atomic mass is 10.0. The van der Waals surface area contributed by atoms with Gasteiger partial charge in [0.1, 0.15) is 0 Å². The van der Waals surface area contributed by atoms with Gasteiger partial charge in [-0.3, -0.25) is 0 Å². The van der Waals surface area contributed by atoms with Gasteiger partial charge in [-0.05, 0) is 31.0 Å². The van der Waals surface area contributed by atoms with E-state index in [9.17, 15) is 4.79 Å². The predicted molar refractivity (Wildman–Crippen MR) is 81.5 cm³/mol. The molecule has 5 nitrogen and oxygen atoms in total. The summed E-state index contributed by atoms with van der Waals surface area (Å²) in [7, 11) is 0. The first-order chi connectivity index (χ1) is 10.1. The Balaban J connectivity index is 1.58. The van der Waals surface area contributed by atoms with Gasteiger partial charge >= 0.3 is 6.03 Å². The van der Waals surface area contributed by atoms with E-state index in [0.29, 0.717) is 38.0 Å². The Kier molecular flexibility index (Phi) is 5.85. The molecule has 0 spiro atoms. The maximum atomic E-state index is 11.7. The highest BCUT2D eigenvalue weighted by Gasteiger charge is 2.30. The number of benzene rings is 1. The van der Waals surface area contributed by atoms with Crippen molar-refractivity contribution in [1.29, 1.82) is 0 Å². The molecule has 21 heavy (non-hydrogen) atoms. The molecule has 0 bridgehead atoms. The molecule has 1 heterocycles.